The fourth-order valence-corrected chi connectivity index (χ4v) is 2.15. The van der Waals surface area contributed by atoms with Crippen molar-refractivity contribution in [3.63, 3.8) is 0 Å². The van der Waals surface area contributed by atoms with Crippen LogP contribution in [0, 0.1) is 0 Å². The second kappa shape index (κ2) is 5.09. The minimum absolute atomic E-state index is 0.0503. The SMILES string of the molecule is CCOc1ccc(-c2ncc(CO)s2)cc1. The Balaban J connectivity index is 2.20. The first kappa shape index (κ1) is 11.1. The number of aromatic nitrogens is 1. The standard InChI is InChI=1S/C12H13NO2S/c1-2-15-10-5-3-9(4-6-10)12-13-7-11(8-14)16-12/h3-7,14H,2,8H2,1H3. The molecule has 0 unspecified atom stereocenters. The van der Waals surface area contributed by atoms with Crippen molar-refractivity contribution < 1.29 is 9.84 Å². The lowest BCUT2D eigenvalue weighted by Crippen LogP contribution is -1.90. The van der Waals surface area contributed by atoms with Crippen LogP contribution in [0.25, 0.3) is 10.6 Å². The molecule has 1 aromatic carbocycles. The lowest BCUT2D eigenvalue weighted by atomic mass is 10.2. The Hall–Kier alpha value is -1.39. The molecule has 0 aliphatic carbocycles. The van der Waals surface area contributed by atoms with Crippen LogP contribution in [0.15, 0.2) is 30.5 Å². The van der Waals surface area contributed by atoms with Crippen molar-refractivity contribution in [2.75, 3.05) is 6.61 Å². The van der Waals surface area contributed by atoms with Crippen molar-refractivity contribution >= 4 is 11.3 Å². The summed E-state index contributed by atoms with van der Waals surface area (Å²) in [6.45, 7) is 2.68. The zero-order valence-electron chi connectivity index (χ0n) is 9.01. The molecule has 1 N–H and O–H groups in total. The maximum atomic E-state index is 8.96. The maximum Gasteiger partial charge on any atom is 0.123 e. The Bertz CT molecular complexity index is 450. The van der Waals surface area contributed by atoms with Crippen molar-refractivity contribution in [3.8, 4) is 16.3 Å². The largest absolute Gasteiger partial charge is 0.494 e. The molecule has 2 aromatic rings. The molecule has 0 aliphatic heterocycles. The third-order valence-corrected chi connectivity index (χ3v) is 3.15. The monoisotopic (exact) mass is 235 g/mol. The Morgan fingerprint density at radius 2 is 2.06 bits per heavy atom. The molecule has 0 saturated carbocycles. The maximum absolute atomic E-state index is 8.96. The van der Waals surface area contributed by atoms with E-state index in [1.807, 2.05) is 31.2 Å². The molecule has 0 radical (unpaired) electrons. The van der Waals surface area contributed by atoms with E-state index in [0.717, 1.165) is 21.2 Å². The van der Waals surface area contributed by atoms with E-state index in [1.54, 1.807) is 6.20 Å². The van der Waals surface area contributed by atoms with Crippen molar-refractivity contribution in [3.05, 3.63) is 35.3 Å². The number of hydrogen-bond acceptors (Lipinski definition) is 4. The van der Waals surface area contributed by atoms with Crippen LogP contribution in [0.4, 0.5) is 0 Å². The van der Waals surface area contributed by atoms with E-state index in [2.05, 4.69) is 4.98 Å². The van der Waals surface area contributed by atoms with Gasteiger partial charge in [0.15, 0.2) is 0 Å². The molecular weight excluding hydrogens is 222 g/mol. The van der Waals surface area contributed by atoms with Crippen LogP contribution >= 0.6 is 11.3 Å². The summed E-state index contributed by atoms with van der Waals surface area (Å²) >= 11 is 1.50. The lowest BCUT2D eigenvalue weighted by molar-refractivity contribution is 0.285. The number of aliphatic hydroxyl groups is 1. The molecule has 4 heteroatoms. The summed E-state index contributed by atoms with van der Waals surface area (Å²) in [4.78, 5) is 5.13. The van der Waals surface area contributed by atoms with Crippen LogP contribution < -0.4 is 4.74 Å². The van der Waals surface area contributed by atoms with Crippen molar-refractivity contribution in [2.24, 2.45) is 0 Å². The van der Waals surface area contributed by atoms with E-state index < -0.39 is 0 Å². The Morgan fingerprint density at radius 1 is 1.31 bits per heavy atom. The summed E-state index contributed by atoms with van der Waals surface area (Å²) in [5, 5.41) is 9.89. The third-order valence-electron chi connectivity index (χ3n) is 2.12. The normalized spacial score (nSPS) is 10.4. The van der Waals surface area contributed by atoms with Gasteiger partial charge in [0.25, 0.3) is 0 Å². The smallest absolute Gasteiger partial charge is 0.123 e. The van der Waals surface area contributed by atoms with Crippen LogP contribution in [0.5, 0.6) is 5.75 Å². The van der Waals surface area contributed by atoms with Gasteiger partial charge in [0.2, 0.25) is 0 Å². The second-order valence-electron chi connectivity index (χ2n) is 3.25. The zero-order valence-corrected chi connectivity index (χ0v) is 9.83. The van der Waals surface area contributed by atoms with Gasteiger partial charge in [-0.3, -0.25) is 0 Å². The van der Waals surface area contributed by atoms with Crippen LogP contribution in [0.3, 0.4) is 0 Å². The van der Waals surface area contributed by atoms with E-state index in [9.17, 15) is 0 Å². The third kappa shape index (κ3) is 2.40. The van der Waals surface area contributed by atoms with Crippen molar-refractivity contribution in [1.29, 1.82) is 0 Å². The first-order chi connectivity index (χ1) is 7.83. The van der Waals surface area contributed by atoms with Gasteiger partial charge >= 0.3 is 0 Å². The van der Waals surface area contributed by atoms with E-state index >= 15 is 0 Å². The molecule has 16 heavy (non-hydrogen) atoms. The highest BCUT2D eigenvalue weighted by molar-refractivity contribution is 7.15. The Morgan fingerprint density at radius 3 is 2.62 bits per heavy atom. The van der Waals surface area contributed by atoms with Gasteiger partial charge in [0.05, 0.1) is 18.1 Å². The summed E-state index contributed by atoms with van der Waals surface area (Å²) < 4.78 is 5.37. The van der Waals surface area contributed by atoms with Gasteiger partial charge < -0.3 is 9.84 Å². The first-order valence-electron chi connectivity index (χ1n) is 5.12. The molecule has 1 aromatic heterocycles. The van der Waals surface area contributed by atoms with E-state index in [1.165, 1.54) is 11.3 Å². The molecule has 0 bridgehead atoms. The average molecular weight is 235 g/mol. The van der Waals surface area contributed by atoms with E-state index in [4.69, 9.17) is 9.84 Å². The lowest BCUT2D eigenvalue weighted by Gasteiger charge is -2.02. The number of thiazole rings is 1. The molecule has 1 heterocycles. The van der Waals surface area contributed by atoms with Gasteiger partial charge in [-0.15, -0.1) is 11.3 Å². The molecule has 0 aliphatic rings. The van der Waals surface area contributed by atoms with Gasteiger partial charge in [-0.1, -0.05) is 0 Å². The predicted octanol–water partition coefficient (Wildman–Crippen LogP) is 2.70. The number of rotatable bonds is 4. The van der Waals surface area contributed by atoms with Crippen LogP contribution in [-0.4, -0.2) is 16.7 Å². The molecule has 0 saturated heterocycles. The van der Waals surface area contributed by atoms with Gasteiger partial charge in [-0.05, 0) is 31.2 Å². The number of nitrogens with zero attached hydrogens (tertiary/aromatic N) is 1. The zero-order chi connectivity index (χ0) is 11.4. The Kier molecular flexibility index (Phi) is 3.54. The molecule has 2 rings (SSSR count). The van der Waals surface area contributed by atoms with Gasteiger partial charge in [0, 0.05) is 11.8 Å². The fraction of sp³-hybridized carbons (Fsp3) is 0.250. The van der Waals surface area contributed by atoms with E-state index in [0.29, 0.717) is 6.61 Å². The summed E-state index contributed by atoms with van der Waals surface area (Å²) in [5.41, 5.74) is 1.05. The summed E-state index contributed by atoms with van der Waals surface area (Å²) in [6.07, 6.45) is 1.70. The highest BCUT2D eigenvalue weighted by Crippen LogP contribution is 2.26. The van der Waals surface area contributed by atoms with Gasteiger partial charge in [-0.25, -0.2) is 4.98 Å². The minimum atomic E-state index is 0.0503. The topological polar surface area (TPSA) is 42.4 Å². The van der Waals surface area contributed by atoms with E-state index in [-0.39, 0.29) is 6.61 Å². The number of aliphatic hydroxyl groups excluding tert-OH is 1. The molecule has 84 valence electrons. The average Bonchev–Trinajstić information content (AvgIpc) is 2.79. The van der Waals surface area contributed by atoms with Gasteiger partial charge in [-0.2, -0.15) is 0 Å². The van der Waals surface area contributed by atoms with Gasteiger partial charge in [0.1, 0.15) is 10.8 Å². The fourth-order valence-electron chi connectivity index (χ4n) is 1.37. The summed E-state index contributed by atoms with van der Waals surface area (Å²) in [7, 11) is 0. The number of benzene rings is 1. The van der Waals surface area contributed by atoms with Crippen LogP contribution in [0.1, 0.15) is 11.8 Å². The molecule has 0 spiro atoms. The summed E-state index contributed by atoms with van der Waals surface area (Å²) in [6, 6.07) is 7.81. The Labute approximate surface area is 98.4 Å². The quantitative estimate of drug-likeness (QED) is 0.886. The van der Waals surface area contributed by atoms with Crippen LogP contribution in [-0.2, 0) is 6.61 Å². The van der Waals surface area contributed by atoms with Crippen molar-refractivity contribution in [2.45, 2.75) is 13.5 Å². The highest BCUT2D eigenvalue weighted by Gasteiger charge is 2.04. The second-order valence-corrected chi connectivity index (χ2v) is 4.36. The first-order valence-corrected chi connectivity index (χ1v) is 5.94. The van der Waals surface area contributed by atoms with Crippen molar-refractivity contribution in [1.82, 2.24) is 4.98 Å². The minimum Gasteiger partial charge on any atom is -0.494 e. The highest BCUT2D eigenvalue weighted by atomic mass is 32.1. The predicted molar refractivity (Wildman–Crippen MR) is 64.6 cm³/mol. The molecule has 0 fully saturated rings. The number of hydrogen-bond donors (Lipinski definition) is 1. The molecule has 3 nitrogen and oxygen atoms in total. The number of ether oxygens (including phenoxy) is 1. The molecule has 0 atom stereocenters. The molecule has 0 amide bonds. The summed E-state index contributed by atoms with van der Waals surface area (Å²) in [5.74, 6) is 0.866. The van der Waals surface area contributed by atoms with Crippen LogP contribution in [0.2, 0.25) is 0 Å². The molecular formula is C12H13NO2S.